The zero-order chi connectivity index (χ0) is 13.1. The second-order valence-electron chi connectivity index (χ2n) is 4.09. The smallest absolute Gasteiger partial charge is 0.151 e. The van der Waals surface area contributed by atoms with Gasteiger partial charge in [0.25, 0.3) is 0 Å². The van der Waals surface area contributed by atoms with Crippen molar-refractivity contribution in [2.75, 3.05) is 7.05 Å². The van der Waals surface area contributed by atoms with Crippen molar-refractivity contribution in [3.63, 3.8) is 0 Å². The third-order valence-electron chi connectivity index (χ3n) is 2.88. The summed E-state index contributed by atoms with van der Waals surface area (Å²) in [7, 11) is 1.93. The van der Waals surface area contributed by atoms with E-state index in [2.05, 4.69) is 27.6 Å². The molecule has 1 N–H and O–H groups in total. The van der Waals surface area contributed by atoms with Gasteiger partial charge in [-0.3, -0.25) is 0 Å². The maximum atomic E-state index is 5.07. The first-order valence-corrected chi connectivity index (χ1v) is 6.78. The van der Waals surface area contributed by atoms with Crippen LogP contribution in [0.15, 0.2) is 53.3 Å². The molecule has 19 heavy (non-hydrogen) atoms. The molecule has 0 radical (unpaired) electrons. The fourth-order valence-corrected chi connectivity index (χ4v) is 2.90. The van der Waals surface area contributed by atoms with E-state index in [0.29, 0.717) is 0 Å². The van der Waals surface area contributed by atoms with Crippen LogP contribution in [0.2, 0.25) is 0 Å². The maximum Gasteiger partial charge on any atom is 0.151 e. The SMILES string of the molecule is CNC(c1ccccc1)c1nnc(-c2ccoc2)s1. The maximum absolute atomic E-state index is 5.07. The summed E-state index contributed by atoms with van der Waals surface area (Å²) in [4.78, 5) is 0. The molecule has 96 valence electrons. The lowest BCUT2D eigenvalue weighted by atomic mass is 10.1. The van der Waals surface area contributed by atoms with E-state index in [1.165, 1.54) is 5.56 Å². The molecule has 5 heteroatoms. The topological polar surface area (TPSA) is 51.0 Å². The Balaban J connectivity index is 1.93. The summed E-state index contributed by atoms with van der Waals surface area (Å²) in [6.45, 7) is 0. The lowest BCUT2D eigenvalue weighted by Gasteiger charge is -2.12. The highest BCUT2D eigenvalue weighted by atomic mass is 32.1. The Kier molecular flexibility index (Phi) is 3.39. The van der Waals surface area contributed by atoms with Crippen molar-refractivity contribution < 1.29 is 4.42 Å². The van der Waals surface area contributed by atoms with Crippen molar-refractivity contribution in [3.05, 3.63) is 59.5 Å². The number of furan rings is 1. The van der Waals surface area contributed by atoms with E-state index in [1.807, 2.05) is 31.3 Å². The Morgan fingerprint density at radius 3 is 2.68 bits per heavy atom. The van der Waals surface area contributed by atoms with Gasteiger partial charge >= 0.3 is 0 Å². The van der Waals surface area contributed by atoms with Gasteiger partial charge in [0.1, 0.15) is 11.3 Å². The van der Waals surface area contributed by atoms with Crippen LogP contribution in [-0.4, -0.2) is 17.2 Å². The van der Waals surface area contributed by atoms with E-state index in [4.69, 9.17) is 4.42 Å². The zero-order valence-electron chi connectivity index (χ0n) is 10.4. The van der Waals surface area contributed by atoms with Crippen LogP contribution in [0, 0.1) is 0 Å². The quantitative estimate of drug-likeness (QED) is 0.792. The summed E-state index contributed by atoms with van der Waals surface area (Å²) in [5, 5.41) is 13.6. The largest absolute Gasteiger partial charge is 0.472 e. The standard InChI is InChI=1S/C14H13N3OS/c1-15-12(10-5-3-2-4-6-10)14-17-16-13(19-14)11-7-8-18-9-11/h2-9,12,15H,1H3. The number of nitrogens with one attached hydrogen (secondary N) is 1. The molecule has 2 heterocycles. The van der Waals surface area contributed by atoms with Crippen LogP contribution >= 0.6 is 11.3 Å². The van der Waals surface area contributed by atoms with Crippen LogP contribution in [0.5, 0.6) is 0 Å². The average molecular weight is 271 g/mol. The van der Waals surface area contributed by atoms with Crippen molar-refractivity contribution in [1.29, 1.82) is 0 Å². The molecule has 3 aromatic rings. The fraction of sp³-hybridized carbons (Fsp3) is 0.143. The summed E-state index contributed by atoms with van der Waals surface area (Å²) >= 11 is 1.57. The van der Waals surface area contributed by atoms with E-state index < -0.39 is 0 Å². The van der Waals surface area contributed by atoms with Crippen molar-refractivity contribution in [3.8, 4) is 10.6 Å². The van der Waals surface area contributed by atoms with Crippen LogP contribution in [-0.2, 0) is 0 Å². The molecule has 1 aromatic carbocycles. The Hall–Kier alpha value is -1.98. The minimum absolute atomic E-state index is 0.0688. The van der Waals surface area contributed by atoms with Gasteiger partial charge < -0.3 is 9.73 Å². The minimum atomic E-state index is 0.0688. The molecule has 0 saturated heterocycles. The molecular formula is C14H13N3OS. The zero-order valence-corrected chi connectivity index (χ0v) is 11.2. The third kappa shape index (κ3) is 2.43. The lowest BCUT2D eigenvalue weighted by Crippen LogP contribution is -2.17. The van der Waals surface area contributed by atoms with E-state index in [9.17, 15) is 0 Å². The van der Waals surface area contributed by atoms with Gasteiger partial charge in [-0.05, 0) is 18.7 Å². The highest BCUT2D eigenvalue weighted by molar-refractivity contribution is 7.14. The Bertz CT molecular complexity index is 634. The highest BCUT2D eigenvalue weighted by Gasteiger charge is 2.17. The predicted octanol–water partition coefficient (Wildman–Crippen LogP) is 3.11. The van der Waals surface area contributed by atoms with Gasteiger partial charge in [-0.15, -0.1) is 10.2 Å². The molecule has 0 amide bonds. The minimum Gasteiger partial charge on any atom is -0.472 e. The molecule has 1 atom stereocenters. The summed E-state index contributed by atoms with van der Waals surface area (Å²) in [5.74, 6) is 0. The van der Waals surface area contributed by atoms with Gasteiger partial charge in [-0.25, -0.2) is 0 Å². The Morgan fingerprint density at radius 1 is 1.16 bits per heavy atom. The first-order valence-electron chi connectivity index (χ1n) is 5.96. The molecule has 2 aromatic heterocycles. The Labute approximate surface area is 115 Å². The molecule has 1 unspecified atom stereocenters. The van der Waals surface area contributed by atoms with Gasteiger partial charge in [-0.2, -0.15) is 0 Å². The molecule has 0 bridgehead atoms. The van der Waals surface area contributed by atoms with Gasteiger partial charge in [0.2, 0.25) is 0 Å². The number of hydrogen-bond donors (Lipinski definition) is 1. The van der Waals surface area contributed by atoms with Crippen molar-refractivity contribution in [2.45, 2.75) is 6.04 Å². The van der Waals surface area contributed by atoms with Crippen LogP contribution in [0.3, 0.4) is 0 Å². The third-order valence-corrected chi connectivity index (χ3v) is 3.91. The first kappa shape index (κ1) is 12.1. The van der Waals surface area contributed by atoms with Gasteiger partial charge in [0, 0.05) is 0 Å². The summed E-state index contributed by atoms with van der Waals surface area (Å²) in [6, 6.07) is 12.2. The molecule has 0 aliphatic carbocycles. The highest BCUT2D eigenvalue weighted by Crippen LogP contribution is 2.29. The molecule has 0 spiro atoms. The van der Waals surface area contributed by atoms with Crippen LogP contribution < -0.4 is 5.32 Å². The molecule has 0 aliphatic rings. The van der Waals surface area contributed by atoms with Gasteiger partial charge in [0.05, 0.1) is 17.9 Å². The van der Waals surface area contributed by atoms with Crippen molar-refractivity contribution in [1.82, 2.24) is 15.5 Å². The monoisotopic (exact) mass is 271 g/mol. The van der Waals surface area contributed by atoms with Crippen molar-refractivity contribution >= 4 is 11.3 Å². The van der Waals surface area contributed by atoms with Gasteiger partial charge in [0.15, 0.2) is 5.01 Å². The number of rotatable bonds is 4. The first-order chi connectivity index (χ1) is 9.38. The molecule has 0 fully saturated rings. The lowest BCUT2D eigenvalue weighted by molar-refractivity contribution is 0.568. The van der Waals surface area contributed by atoms with Crippen LogP contribution in [0.1, 0.15) is 16.6 Å². The summed E-state index contributed by atoms with van der Waals surface area (Å²) in [5.41, 5.74) is 2.14. The number of nitrogens with zero attached hydrogens (tertiary/aromatic N) is 2. The molecular weight excluding hydrogens is 258 g/mol. The second-order valence-corrected chi connectivity index (χ2v) is 5.10. The number of hydrogen-bond acceptors (Lipinski definition) is 5. The summed E-state index contributed by atoms with van der Waals surface area (Å²) < 4.78 is 5.07. The molecule has 0 saturated carbocycles. The summed E-state index contributed by atoms with van der Waals surface area (Å²) in [6.07, 6.45) is 3.32. The Morgan fingerprint density at radius 2 is 2.00 bits per heavy atom. The molecule has 0 aliphatic heterocycles. The van der Waals surface area contributed by atoms with E-state index in [0.717, 1.165) is 15.6 Å². The second kappa shape index (κ2) is 5.34. The normalized spacial score (nSPS) is 12.5. The van der Waals surface area contributed by atoms with E-state index in [1.54, 1.807) is 23.9 Å². The van der Waals surface area contributed by atoms with Gasteiger partial charge in [-0.1, -0.05) is 41.7 Å². The van der Waals surface area contributed by atoms with E-state index >= 15 is 0 Å². The van der Waals surface area contributed by atoms with Crippen LogP contribution in [0.25, 0.3) is 10.6 Å². The van der Waals surface area contributed by atoms with Crippen LogP contribution in [0.4, 0.5) is 0 Å². The van der Waals surface area contributed by atoms with E-state index in [-0.39, 0.29) is 6.04 Å². The molecule has 4 nitrogen and oxygen atoms in total. The van der Waals surface area contributed by atoms with Crippen molar-refractivity contribution in [2.24, 2.45) is 0 Å². The number of benzene rings is 1. The fourth-order valence-electron chi connectivity index (χ4n) is 1.93. The number of aromatic nitrogens is 2. The average Bonchev–Trinajstić information content (AvgIpc) is 3.11. The predicted molar refractivity (Wildman–Crippen MR) is 75.0 cm³/mol. The molecule has 3 rings (SSSR count).